The number of aromatic amines is 1. The van der Waals surface area contributed by atoms with E-state index in [1.165, 1.54) is 11.1 Å². The van der Waals surface area contributed by atoms with E-state index in [1.54, 1.807) is 10.9 Å². The normalized spacial score (nSPS) is 12.5. The van der Waals surface area contributed by atoms with Crippen LogP contribution >= 0.6 is 0 Å². The smallest absolute Gasteiger partial charge is 0.263 e. The largest absolute Gasteiger partial charge is 0.355 e. The third kappa shape index (κ3) is 3.49. The number of nitrogens with one attached hydrogen (secondary N) is 2. The van der Waals surface area contributed by atoms with E-state index in [4.69, 9.17) is 0 Å². The molecule has 138 valence electrons. The quantitative estimate of drug-likeness (QED) is 0.752. The topological polar surface area (TPSA) is 75.6 Å². The lowest BCUT2D eigenvalue weighted by atomic mass is 9.84. The third-order valence-electron chi connectivity index (χ3n) is 4.57. The molecule has 0 unspecified atom stereocenters. The number of anilines is 1. The monoisotopic (exact) mass is 353 g/mol. The Hall–Kier alpha value is -2.63. The summed E-state index contributed by atoms with van der Waals surface area (Å²) < 4.78 is 1.79. The molecule has 6 nitrogen and oxygen atoms in total. The van der Waals surface area contributed by atoms with Crippen molar-refractivity contribution in [3.8, 4) is 0 Å². The van der Waals surface area contributed by atoms with E-state index >= 15 is 0 Å². The second-order valence-corrected chi connectivity index (χ2v) is 8.49. The highest BCUT2D eigenvalue weighted by atomic mass is 16.1. The molecule has 0 saturated heterocycles. The summed E-state index contributed by atoms with van der Waals surface area (Å²) in [7, 11) is 0. The van der Waals surface area contributed by atoms with Crippen molar-refractivity contribution in [2.75, 3.05) is 11.9 Å². The SMILES string of the molecule is Cc1cccc(C(C)(C)CNc2nc3c(cnn3C(C)(C)C)c(=O)[nH]2)c1. The molecule has 2 aromatic heterocycles. The maximum absolute atomic E-state index is 12.4. The van der Waals surface area contributed by atoms with Crippen LogP contribution in [0.1, 0.15) is 45.7 Å². The number of hydrogen-bond acceptors (Lipinski definition) is 4. The van der Waals surface area contributed by atoms with Gasteiger partial charge < -0.3 is 5.32 Å². The molecule has 0 spiro atoms. The van der Waals surface area contributed by atoms with E-state index < -0.39 is 0 Å². The molecule has 0 aliphatic carbocycles. The van der Waals surface area contributed by atoms with Crippen LogP contribution < -0.4 is 10.9 Å². The fourth-order valence-corrected chi connectivity index (χ4v) is 2.97. The average Bonchev–Trinajstić information content (AvgIpc) is 2.98. The first-order chi connectivity index (χ1) is 12.1. The molecular formula is C20H27N5O. The minimum Gasteiger partial charge on any atom is -0.355 e. The minimum atomic E-state index is -0.249. The number of fused-ring (bicyclic) bond motifs is 1. The van der Waals surface area contributed by atoms with Gasteiger partial charge in [-0.1, -0.05) is 43.7 Å². The maximum Gasteiger partial charge on any atom is 0.263 e. The molecule has 0 radical (unpaired) electrons. The van der Waals surface area contributed by atoms with Crippen LogP contribution in [0.2, 0.25) is 0 Å². The van der Waals surface area contributed by atoms with Crippen molar-refractivity contribution in [1.29, 1.82) is 0 Å². The van der Waals surface area contributed by atoms with Gasteiger partial charge >= 0.3 is 0 Å². The molecule has 0 aliphatic rings. The van der Waals surface area contributed by atoms with Gasteiger partial charge in [0.05, 0.1) is 11.7 Å². The van der Waals surface area contributed by atoms with Crippen molar-refractivity contribution < 1.29 is 0 Å². The highest BCUT2D eigenvalue weighted by molar-refractivity contribution is 5.74. The summed E-state index contributed by atoms with van der Waals surface area (Å²) >= 11 is 0. The zero-order chi connectivity index (χ0) is 19.1. The summed E-state index contributed by atoms with van der Waals surface area (Å²) in [5, 5.41) is 8.14. The van der Waals surface area contributed by atoms with Crippen LogP contribution in [-0.4, -0.2) is 26.3 Å². The van der Waals surface area contributed by atoms with E-state index in [2.05, 4.69) is 65.4 Å². The minimum absolute atomic E-state index is 0.107. The number of benzene rings is 1. The van der Waals surface area contributed by atoms with Gasteiger partial charge in [-0.15, -0.1) is 0 Å². The second-order valence-electron chi connectivity index (χ2n) is 8.49. The number of aromatic nitrogens is 4. The predicted molar refractivity (Wildman–Crippen MR) is 106 cm³/mol. The van der Waals surface area contributed by atoms with E-state index in [0.29, 0.717) is 23.5 Å². The van der Waals surface area contributed by atoms with Crippen molar-refractivity contribution in [3.63, 3.8) is 0 Å². The Morgan fingerprint density at radius 1 is 1.19 bits per heavy atom. The van der Waals surface area contributed by atoms with Crippen LogP contribution in [0, 0.1) is 6.92 Å². The first kappa shape index (κ1) is 18.2. The zero-order valence-corrected chi connectivity index (χ0v) is 16.3. The first-order valence-electron chi connectivity index (χ1n) is 8.87. The van der Waals surface area contributed by atoms with E-state index in [0.717, 1.165) is 0 Å². The Morgan fingerprint density at radius 2 is 1.92 bits per heavy atom. The van der Waals surface area contributed by atoms with Gasteiger partial charge in [0.15, 0.2) is 5.65 Å². The molecule has 26 heavy (non-hydrogen) atoms. The summed E-state index contributed by atoms with van der Waals surface area (Å²) in [5.74, 6) is 0.467. The van der Waals surface area contributed by atoms with Gasteiger partial charge in [-0.05, 0) is 33.3 Å². The number of H-pyrrole nitrogens is 1. The third-order valence-corrected chi connectivity index (χ3v) is 4.57. The highest BCUT2D eigenvalue weighted by Crippen LogP contribution is 2.24. The molecule has 2 heterocycles. The molecule has 0 aliphatic heterocycles. The average molecular weight is 353 g/mol. The molecule has 2 N–H and O–H groups in total. The van der Waals surface area contributed by atoms with Crippen LogP contribution in [-0.2, 0) is 11.0 Å². The predicted octanol–water partition coefficient (Wildman–Crippen LogP) is 3.57. The Labute approximate surface area is 153 Å². The lowest BCUT2D eigenvalue weighted by Gasteiger charge is -2.26. The molecule has 1 aromatic carbocycles. The van der Waals surface area contributed by atoms with Gasteiger partial charge in [0.2, 0.25) is 5.95 Å². The van der Waals surface area contributed by atoms with Gasteiger partial charge in [0.25, 0.3) is 5.56 Å². The molecule has 0 saturated carbocycles. The van der Waals surface area contributed by atoms with Crippen molar-refractivity contribution in [2.45, 2.75) is 52.5 Å². The Kier molecular flexibility index (Phi) is 4.38. The Balaban J connectivity index is 1.90. The maximum atomic E-state index is 12.4. The molecule has 3 rings (SSSR count). The number of rotatable bonds is 4. The standard InChI is InChI=1S/C20H27N5O/c1-13-8-7-9-14(10-13)20(5,6)12-21-18-23-16-15(17(26)24-18)11-22-25(16)19(2,3)4/h7-11H,12H2,1-6H3,(H2,21,23,24,26). The molecule has 0 amide bonds. The van der Waals surface area contributed by atoms with Crippen LogP contribution in [0.25, 0.3) is 11.0 Å². The van der Waals surface area contributed by atoms with Crippen molar-refractivity contribution in [2.24, 2.45) is 0 Å². The van der Waals surface area contributed by atoms with Crippen LogP contribution in [0.15, 0.2) is 35.3 Å². The highest BCUT2D eigenvalue weighted by Gasteiger charge is 2.22. The van der Waals surface area contributed by atoms with Gasteiger partial charge in [-0.2, -0.15) is 10.1 Å². The molecule has 0 fully saturated rings. The summed E-state index contributed by atoms with van der Waals surface area (Å²) in [6.45, 7) is 13.2. The molecule has 0 atom stereocenters. The van der Waals surface area contributed by atoms with Crippen LogP contribution in [0.4, 0.5) is 5.95 Å². The number of aryl methyl sites for hydroxylation is 1. The molecule has 6 heteroatoms. The summed E-state index contributed by atoms with van der Waals surface area (Å²) in [6, 6.07) is 8.48. The fraction of sp³-hybridized carbons (Fsp3) is 0.450. The lowest BCUT2D eigenvalue weighted by molar-refractivity contribution is 0.366. The fourth-order valence-electron chi connectivity index (χ4n) is 2.97. The molecule has 3 aromatic rings. The van der Waals surface area contributed by atoms with Crippen molar-refractivity contribution >= 4 is 17.0 Å². The van der Waals surface area contributed by atoms with E-state index in [9.17, 15) is 4.79 Å². The van der Waals surface area contributed by atoms with E-state index in [-0.39, 0.29) is 16.5 Å². The molecular weight excluding hydrogens is 326 g/mol. The summed E-state index contributed by atoms with van der Waals surface area (Å²) in [6.07, 6.45) is 1.58. The first-order valence-corrected chi connectivity index (χ1v) is 8.87. The van der Waals surface area contributed by atoms with Crippen molar-refractivity contribution in [3.05, 3.63) is 51.9 Å². The summed E-state index contributed by atoms with van der Waals surface area (Å²) in [5.41, 5.74) is 2.54. The summed E-state index contributed by atoms with van der Waals surface area (Å²) in [4.78, 5) is 19.8. The van der Waals surface area contributed by atoms with Gasteiger partial charge in [0, 0.05) is 12.0 Å². The second kappa shape index (κ2) is 6.27. The lowest BCUT2D eigenvalue weighted by Crippen LogP contribution is -2.29. The van der Waals surface area contributed by atoms with Gasteiger partial charge in [-0.25, -0.2) is 4.68 Å². The van der Waals surface area contributed by atoms with Gasteiger partial charge in [0.1, 0.15) is 5.39 Å². The van der Waals surface area contributed by atoms with Crippen molar-refractivity contribution in [1.82, 2.24) is 19.7 Å². The van der Waals surface area contributed by atoms with Crippen LogP contribution in [0.5, 0.6) is 0 Å². The van der Waals surface area contributed by atoms with Crippen LogP contribution in [0.3, 0.4) is 0 Å². The Bertz CT molecular complexity index is 991. The number of nitrogens with zero attached hydrogens (tertiary/aromatic N) is 3. The number of hydrogen-bond donors (Lipinski definition) is 2. The van der Waals surface area contributed by atoms with E-state index in [1.807, 2.05) is 20.8 Å². The Morgan fingerprint density at radius 3 is 2.58 bits per heavy atom. The van der Waals surface area contributed by atoms with Gasteiger partial charge in [-0.3, -0.25) is 9.78 Å². The zero-order valence-electron chi connectivity index (χ0n) is 16.3. The molecule has 0 bridgehead atoms.